The van der Waals surface area contributed by atoms with Crippen LogP contribution in [0.5, 0.6) is 0 Å². The maximum Gasteiger partial charge on any atom is 0.00390 e. The van der Waals surface area contributed by atoms with Crippen LogP contribution in [0.15, 0.2) is 16.8 Å². The van der Waals surface area contributed by atoms with Gasteiger partial charge in [0.05, 0.1) is 0 Å². The average molecular weight is 239 g/mol. The van der Waals surface area contributed by atoms with Crippen LogP contribution in [0.3, 0.4) is 0 Å². The fraction of sp³-hybridized carbons (Fsp3) is 0.714. The zero-order valence-electron chi connectivity index (χ0n) is 11.0. The van der Waals surface area contributed by atoms with E-state index in [1.165, 1.54) is 18.4 Å². The monoisotopic (exact) mass is 239 g/mol. The van der Waals surface area contributed by atoms with Gasteiger partial charge in [0, 0.05) is 12.6 Å². The van der Waals surface area contributed by atoms with E-state index in [2.05, 4.69) is 49.8 Å². The largest absolute Gasteiger partial charge is 0.314 e. The van der Waals surface area contributed by atoms with Gasteiger partial charge >= 0.3 is 0 Å². The highest BCUT2D eigenvalue weighted by Crippen LogP contribution is 2.17. The molecule has 2 unspecified atom stereocenters. The Bertz CT molecular complexity index is 266. The van der Waals surface area contributed by atoms with Crippen LogP contribution in [0.1, 0.15) is 52.0 Å². The molecule has 1 heterocycles. The minimum absolute atomic E-state index is 0.632. The van der Waals surface area contributed by atoms with Gasteiger partial charge < -0.3 is 5.32 Å². The van der Waals surface area contributed by atoms with E-state index in [1.807, 2.05) is 0 Å². The molecule has 1 rings (SSSR count). The summed E-state index contributed by atoms with van der Waals surface area (Å²) in [6.07, 6.45) is 2.61. The van der Waals surface area contributed by atoms with Crippen molar-refractivity contribution in [2.75, 3.05) is 6.54 Å². The van der Waals surface area contributed by atoms with Crippen molar-refractivity contribution in [3.63, 3.8) is 0 Å². The van der Waals surface area contributed by atoms with Gasteiger partial charge in [-0.25, -0.2) is 0 Å². The van der Waals surface area contributed by atoms with E-state index >= 15 is 0 Å². The Morgan fingerprint density at radius 2 is 1.94 bits per heavy atom. The molecule has 0 aromatic carbocycles. The van der Waals surface area contributed by atoms with Gasteiger partial charge in [0.25, 0.3) is 0 Å². The molecule has 0 saturated carbocycles. The van der Waals surface area contributed by atoms with Gasteiger partial charge in [-0.15, -0.1) is 0 Å². The summed E-state index contributed by atoms with van der Waals surface area (Å²) in [6.45, 7) is 10.3. The van der Waals surface area contributed by atoms with E-state index in [1.54, 1.807) is 11.3 Å². The summed E-state index contributed by atoms with van der Waals surface area (Å²) in [5.74, 6) is 1.45. The van der Waals surface area contributed by atoms with E-state index in [-0.39, 0.29) is 0 Å². The highest BCUT2D eigenvalue weighted by atomic mass is 32.1. The molecule has 2 atom stereocenters. The van der Waals surface area contributed by atoms with E-state index in [0.29, 0.717) is 12.0 Å². The molecular formula is C14H25NS. The van der Waals surface area contributed by atoms with Gasteiger partial charge in [0.2, 0.25) is 0 Å². The van der Waals surface area contributed by atoms with Crippen molar-refractivity contribution in [2.24, 2.45) is 5.92 Å². The van der Waals surface area contributed by atoms with Crippen LogP contribution in [0.4, 0.5) is 0 Å². The Hall–Kier alpha value is -0.340. The molecule has 0 radical (unpaired) electrons. The average Bonchev–Trinajstić information content (AvgIpc) is 2.76. The van der Waals surface area contributed by atoms with Crippen LogP contribution in [0.25, 0.3) is 0 Å². The topological polar surface area (TPSA) is 12.0 Å². The molecular weight excluding hydrogens is 214 g/mol. The number of hydrogen-bond donors (Lipinski definition) is 1. The van der Waals surface area contributed by atoms with Crippen molar-refractivity contribution in [2.45, 2.75) is 52.5 Å². The Morgan fingerprint density at radius 1 is 1.19 bits per heavy atom. The first-order valence-electron chi connectivity index (χ1n) is 6.35. The van der Waals surface area contributed by atoms with E-state index < -0.39 is 0 Å². The summed E-state index contributed by atoms with van der Waals surface area (Å²) in [5, 5.41) is 8.05. The van der Waals surface area contributed by atoms with Gasteiger partial charge in [0.15, 0.2) is 0 Å². The standard InChI is InChI=1S/C14H25NS/c1-11(2)5-6-13(4)15-9-12(3)14-7-8-16-10-14/h7-8,10-13,15H,5-6,9H2,1-4H3. The molecule has 1 aromatic rings. The molecule has 0 bridgehead atoms. The Kier molecular flexibility index (Phi) is 6.07. The predicted molar refractivity (Wildman–Crippen MR) is 74.3 cm³/mol. The van der Waals surface area contributed by atoms with Crippen molar-refractivity contribution in [1.82, 2.24) is 5.32 Å². The van der Waals surface area contributed by atoms with Gasteiger partial charge in [-0.1, -0.05) is 20.8 Å². The second-order valence-electron chi connectivity index (χ2n) is 5.24. The van der Waals surface area contributed by atoms with Crippen molar-refractivity contribution in [3.8, 4) is 0 Å². The van der Waals surface area contributed by atoms with Crippen molar-refractivity contribution in [3.05, 3.63) is 22.4 Å². The summed E-state index contributed by atoms with van der Waals surface area (Å²) in [5.41, 5.74) is 1.47. The Balaban J connectivity index is 2.19. The molecule has 1 aromatic heterocycles. The quantitative estimate of drug-likeness (QED) is 0.749. The molecule has 0 aliphatic rings. The van der Waals surface area contributed by atoms with Crippen LogP contribution in [0, 0.1) is 5.92 Å². The summed E-state index contributed by atoms with van der Waals surface area (Å²) < 4.78 is 0. The smallest absolute Gasteiger partial charge is 0.00390 e. The lowest BCUT2D eigenvalue weighted by Crippen LogP contribution is -2.29. The first kappa shape index (κ1) is 13.7. The molecule has 1 nitrogen and oxygen atoms in total. The molecule has 16 heavy (non-hydrogen) atoms. The third kappa shape index (κ3) is 5.13. The Labute approximate surface area is 104 Å². The van der Waals surface area contributed by atoms with Crippen LogP contribution < -0.4 is 5.32 Å². The molecule has 0 fully saturated rings. The lowest BCUT2D eigenvalue weighted by atomic mass is 10.0. The zero-order chi connectivity index (χ0) is 12.0. The first-order chi connectivity index (χ1) is 7.59. The van der Waals surface area contributed by atoms with Crippen LogP contribution in [0.2, 0.25) is 0 Å². The molecule has 0 aliphatic heterocycles. The number of thiophene rings is 1. The fourth-order valence-corrected chi connectivity index (χ4v) is 2.52. The lowest BCUT2D eigenvalue weighted by molar-refractivity contribution is 0.442. The Morgan fingerprint density at radius 3 is 2.50 bits per heavy atom. The first-order valence-corrected chi connectivity index (χ1v) is 7.29. The molecule has 0 aliphatic carbocycles. The third-order valence-electron chi connectivity index (χ3n) is 3.06. The highest BCUT2D eigenvalue weighted by Gasteiger charge is 2.08. The molecule has 2 heteroatoms. The van der Waals surface area contributed by atoms with E-state index in [4.69, 9.17) is 0 Å². The zero-order valence-corrected chi connectivity index (χ0v) is 11.8. The van der Waals surface area contributed by atoms with Gasteiger partial charge in [-0.05, 0) is 54.0 Å². The normalized spacial score (nSPS) is 15.3. The van der Waals surface area contributed by atoms with Gasteiger partial charge in [-0.3, -0.25) is 0 Å². The SMILES string of the molecule is CC(C)CCC(C)NCC(C)c1ccsc1. The summed E-state index contributed by atoms with van der Waals surface area (Å²) in [4.78, 5) is 0. The van der Waals surface area contributed by atoms with Crippen LogP contribution in [-0.4, -0.2) is 12.6 Å². The molecule has 92 valence electrons. The minimum atomic E-state index is 0.632. The van der Waals surface area contributed by atoms with Gasteiger partial charge in [0.1, 0.15) is 0 Å². The molecule has 1 N–H and O–H groups in total. The minimum Gasteiger partial charge on any atom is -0.314 e. The van der Waals surface area contributed by atoms with Crippen LogP contribution >= 0.6 is 11.3 Å². The van der Waals surface area contributed by atoms with Crippen molar-refractivity contribution >= 4 is 11.3 Å². The van der Waals surface area contributed by atoms with E-state index in [0.717, 1.165) is 12.5 Å². The number of hydrogen-bond acceptors (Lipinski definition) is 2. The van der Waals surface area contributed by atoms with Crippen LogP contribution in [-0.2, 0) is 0 Å². The number of rotatable bonds is 7. The van der Waals surface area contributed by atoms with Crippen molar-refractivity contribution in [1.29, 1.82) is 0 Å². The lowest BCUT2D eigenvalue weighted by Gasteiger charge is -2.18. The fourth-order valence-electron chi connectivity index (χ4n) is 1.74. The molecule has 0 saturated heterocycles. The van der Waals surface area contributed by atoms with Crippen molar-refractivity contribution < 1.29 is 0 Å². The summed E-state index contributed by atoms with van der Waals surface area (Å²) >= 11 is 1.79. The number of nitrogens with one attached hydrogen (secondary N) is 1. The second kappa shape index (κ2) is 7.08. The van der Waals surface area contributed by atoms with E-state index in [9.17, 15) is 0 Å². The summed E-state index contributed by atoms with van der Waals surface area (Å²) in [7, 11) is 0. The maximum atomic E-state index is 3.63. The molecule has 0 amide bonds. The summed E-state index contributed by atoms with van der Waals surface area (Å²) in [6, 6.07) is 2.87. The molecule has 0 spiro atoms. The van der Waals surface area contributed by atoms with Gasteiger partial charge in [-0.2, -0.15) is 11.3 Å². The highest BCUT2D eigenvalue weighted by molar-refractivity contribution is 7.07. The maximum absolute atomic E-state index is 3.63. The third-order valence-corrected chi connectivity index (χ3v) is 3.76. The second-order valence-corrected chi connectivity index (χ2v) is 6.02. The predicted octanol–water partition coefficient (Wildman–Crippen LogP) is 4.27.